The van der Waals surface area contributed by atoms with E-state index >= 15 is 0 Å². The van der Waals surface area contributed by atoms with Gasteiger partial charge in [0.25, 0.3) is 0 Å². The van der Waals surface area contributed by atoms with Gasteiger partial charge in [-0.25, -0.2) is 4.79 Å². The Hall–Kier alpha value is -1.97. The second kappa shape index (κ2) is 6.20. The summed E-state index contributed by atoms with van der Waals surface area (Å²) in [6, 6.07) is 6.05. The van der Waals surface area contributed by atoms with Gasteiger partial charge in [0.1, 0.15) is 0 Å². The third kappa shape index (κ3) is 3.78. The van der Waals surface area contributed by atoms with E-state index in [1.165, 1.54) is 30.4 Å². The highest BCUT2D eigenvalue weighted by Crippen LogP contribution is 2.30. The molecule has 2 aliphatic rings. The molecule has 3 N–H and O–H groups in total. The molecule has 1 fully saturated rings. The Morgan fingerprint density at radius 3 is 2.95 bits per heavy atom. The highest BCUT2D eigenvalue weighted by atomic mass is 16.5. The Kier molecular flexibility index (Phi) is 4.13. The van der Waals surface area contributed by atoms with E-state index in [0.29, 0.717) is 24.8 Å². The number of carbonyl (C=O) groups excluding carboxylic acids is 1. The lowest BCUT2D eigenvalue weighted by molar-refractivity contribution is 0.140. The van der Waals surface area contributed by atoms with Gasteiger partial charge in [-0.05, 0) is 66.9 Å². The fourth-order valence-corrected chi connectivity index (χ4v) is 2.59. The molecule has 0 bridgehead atoms. The summed E-state index contributed by atoms with van der Waals surface area (Å²) < 4.78 is 5.16. The van der Waals surface area contributed by atoms with Crippen LogP contribution < -0.4 is 11.1 Å². The number of nitrogen functional groups attached to an aromatic ring is 1. The van der Waals surface area contributed by atoms with Gasteiger partial charge in [-0.2, -0.15) is 0 Å². The zero-order valence-electron chi connectivity index (χ0n) is 12.2. The van der Waals surface area contributed by atoms with Gasteiger partial charge in [0, 0.05) is 12.2 Å². The summed E-state index contributed by atoms with van der Waals surface area (Å²) in [5.41, 5.74) is 10.2. The topological polar surface area (TPSA) is 64.3 Å². The average Bonchev–Trinajstić information content (AvgIpc) is 3.16. The molecule has 1 aromatic rings. The number of anilines is 1. The summed E-state index contributed by atoms with van der Waals surface area (Å²) >= 11 is 0. The molecule has 1 aromatic carbocycles. The van der Waals surface area contributed by atoms with Crippen molar-refractivity contribution >= 4 is 17.4 Å². The molecule has 0 saturated heterocycles. The van der Waals surface area contributed by atoms with Crippen LogP contribution in [-0.2, 0) is 11.3 Å². The molecule has 2 aliphatic carbocycles. The lowest BCUT2D eigenvalue weighted by Gasteiger charge is -2.11. The van der Waals surface area contributed by atoms with Crippen LogP contribution in [0.15, 0.2) is 24.3 Å². The van der Waals surface area contributed by atoms with Crippen molar-refractivity contribution in [2.24, 2.45) is 5.92 Å². The molecule has 1 saturated carbocycles. The SMILES string of the molecule is Nc1ccc(C2=CCCC2)cc1CNC(=O)OCC1CC1. The van der Waals surface area contributed by atoms with Crippen LogP contribution in [0.1, 0.15) is 43.2 Å². The number of nitrogens with two attached hydrogens (primary N) is 1. The largest absolute Gasteiger partial charge is 0.449 e. The fourth-order valence-electron chi connectivity index (χ4n) is 2.59. The van der Waals surface area contributed by atoms with Crippen molar-refractivity contribution in [2.75, 3.05) is 12.3 Å². The number of hydrogen-bond donors (Lipinski definition) is 2. The van der Waals surface area contributed by atoms with Crippen molar-refractivity contribution in [2.45, 2.75) is 38.6 Å². The second-order valence-corrected chi connectivity index (χ2v) is 5.93. The minimum Gasteiger partial charge on any atom is -0.449 e. The number of nitrogens with one attached hydrogen (secondary N) is 1. The van der Waals surface area contributed by atoms with E-state index < -0.39 is 0 Å². The first-order valence-corrected chi connectivity index (χ1v) is 7.71. The number of amides is 1. The predicted octanol–water partition coefficient (Wildman–Crippen LogP) is 3.47. The van der Waals surface area contributed by atoms with Crippen LogP contribution in [0.4, 0.5) is 10.5 Å². The number of alkyl carbamates (subject to hydrolysis) is 1. The van der Waals surface area contributed by atoms with Crippen molar-refractivity contribution in [3.05, 3.63) is 35.4 Å². The van der Waals surface area contributed by atoms with Gasteiger partial charge < -0.3 is 15.8 Å². The monoisotopic (exact) mass is 286 g/mol. The van der Waals surface area contributed by atoms with Gasteiger partial charge in [-0.15, -0.1) is 0 Å². The van der Waals surface area contributed by atoms with Crippen LogP contribution in [0, 0.1) is 5.92 Å². The molecule has 0 aromatic heterocycles. The molecule has 112 valence electrons. The minimum atomic E-state index is -0.355. The molecule has 1 amide bonds. The molecular formula is C17H22N2O2. The van der Waals surface area contributed by atoms with Gasteiger partial charge in [0.05, 0.1) is 6.61 Å². The highest BCUT2D eigenvalue weighted by Gasteiger charge is 2.22. The van der Waals surface area contributed by atoms with Crippen LogP contribution in [0.25, 0.3) is 5.57 Å². The molecule has 0 atom stereocenters. The third-order valence-electron chi connectivity index (χ3n) is 4.12. The molecule has 0 heterocycles. The van der Waals surface area contributed by atoms with Gasteiger partial charge in [0.15, 0.2) is 0 Å². The lowest BCUT2D eigenvalue weighted by Crippen LogP contribution is -2.25. The van der Waals surface area contributed by atoms with E-state index in [1.807, 2.05) is 6.07 Å². The molecular weight excluding hydrogens is 264 g/mol. The van der Waals surface area contributed by atoms with Crippen molar-refractivity contribution in [1.29, 1.82) is 0 Å². The summed E-state index contributed by atoms with van der Waals surface area (Å²) in [6.45, 7) is 0.949. The summed E-state index contributed by atoms with van der Waals surface area (Å²) in [4.78, 5) is 11.6. The number of ether oxygens (including phenoxy) is 1. The molecule has 3 rings (SSSR count). The van der Waals surface area contributed by atoms with Crippen LogP contribution in [0.3, 0.4) is 0 Å². The standard InChI is InChI=1S/C17H22N2O2/c18-16-8-7-14(13-3-1-2-4-13)9-15(16)10-19-17(20)21-11-12-5-6-12/h3,7-9,12H,1-2,4-6,10-11,18H2,(H,19,20). The Bertz CT molecular complexity index is 562. The van der Waals surface area contributed by atoms with Crippen molar-refractivity contribution in [3.8, 4) is 0 Å². The van der Waals surface area contributed by atoms with Crippen LogP contribution in [0.5, 0.6) is 0 Å². The molecule has 0 unspecified atom stereocenters. The van der Waals surface area contributed by atoms with Crippen LogP contribution in [-0.4, -0.2) is 12.7 Å². The summed E-state index contributed by atoms with van der Waals surface area (Å²) in [6.07, 6.45) is 7.79. The maximum absolute atomic E-state index is 11.6. The smallest absolute Gasteiger partial charge is 0.407 e. The molecule has 0 radical (unpaired) electrons. The number of carbonyl (C=O) groups is 1. The molecule has 0 aliphatic heterocycles. The maximum Gasteiger partial charge on any atom is 0.407 e. The average molecular weight is 286 g/mol. The van der Waals surface area contributed by atoms with Crippen LogP contribution >= 0.6 is 0 Å². The van der Waals surface area contributed by atoms with Gasteiger partial charge >= 0.3 is 6.09 Å². The van der Waals surface area contributed by atoms with E-state index in [-0.39, 0.29) is 6.09 Å². The van der Waals surface area contributed by atoms with E-state index in [4.69, 9.17) is 10.5 Å². The summed E-state index contributed by atoms with van der Waals surface area (Å²) in [7, 11) is 0. The quantitative estimate of drug-likeness (QED) is 0.815. The van der Waals surface area contributed by atoms with Crippen molar-refractivity contribution in [1.82, 2.24) is 5.32 Å². The Morgan fingerprint density at radius 1 is 1.38 bits per heavy atom. The Balaban J connectivity index is 1.58. The number of hydrogen-bond acceptors (Lipinski definition) is 3. The minimum absolute atomic E-state index is 0.355. The maximum atomic E-state index is 11.6. The number of benzene rings is 1. The van der Waals surface area contributed by atoms with E-state index in [2.05, 4.69) is 23.5 Å². The Labute approximate surface area is 125 Å². The number of allylic oxidation sites excluding steroid dienone is 2. The fraction of sp³-hybridized carbons (Fsp3) is 0.471. The second-order valence-electron chi connectivity index (χ2n) is 5.93. The lowest BCUT2D eigenvalue weighted by atomic mass is 10.0. The highest BCUT2D eigenvalue weighted by molar-refractivity contribution is 5.71. The van der Waals surface area contributed by atoms with Crippen molar-refractivity contribution in [3.63, 3.8) is 0 Å². The van der Waals surface area contributed by atoms with Gasteiger partial charge in [0.2, 0.25) is 0 Å². The van der Waals surface area contributed by atoms with E-state index in [9.17, 15) is 4.79 Å². The Morgan fingerprint density at radius 2 is 2.24 bits per heavy atom. The molecule has 21 heavy (non-hydrogen) atoms. The first-order valence-electron chi connectivity index (χ1n) is 7.71. The van der Waals surface area contributed by atoms with E-state index in [1.54, 1.807) is 0 Å². The first-order chi connectivity index (χ1) is 10.2. The van der Waals surface area contributed by atoms with Gasteiger partial charge in [-0.1, -0.05) is 12.1 Å². The normalized spacial score (nSPS) is 17.4. The zero-order chi connectivity index (χ0) is 14.7. The third-order valence-corrected chi connectivity index (χ3v) is 4.12. The predicted molar refractivity (Wildman–Crippen MR) is 83.6 cm³/mol. The zero-order valence-corrected chi connectivity index (χ0v) is 12.2. The van der Waals surface area contributed by atoms with Gasteiger partial charge in [-0.3, -0.25) is 0 Å². The summed E-state index contributed by atoms with van der Waals surface area (Å²) in [5, 5.41) is 2.78. The van der Waals surface area contributed by atoms with Crippen molar-refractivity contribution < 1.29 is 9.53 Å². The number of rotatable bonds is 5. The molecule has 0 spiro atoms. The van der Waals surface area contributed by atoms with E-state index in [0.717, 1.165) is 18.4 Å². The first kappa shape index (κ1) is 14.0. The molecule has 4 heteroatoms. The summed E-state index contributed by atoms with van der Waals surface area (Å²) in [5.74, 6) is 0.582. The molecule has 4 nitrogen and oxygen atoms in total. The van der Waals surface area contributed by atoms with Crippen LogP contribution in [0.2, 0.25) is 0 Å².